The molecule has 0 aliphatic heterocycles. The molecule has 1 aliphatic rings. The van der Waals surface area contributed by atoms with Crippen LogP contribution in [0.15, 0.2) is 18.2 Å². The molecule has 0 radical (unpaired) electrons. The van der Waals surface area contributed by atoms with Crippen LogP contribution >= 0.6 is 0 Å². The Labute approximate surface area is 130 Å². The second-order valence-electron chi connectivity index (χ2n) is 7.07. The van der Waals surface area contributed by atoms with Crippen LogP contribution in [0.2, 0.25) is 0 Å². The van der Waals surface area contributed by atoms with Gasteiger partial charge in [-0.25, -0.2) is 0 Å². The van der Waals surface area contributed by atoms with E-state index in [-0.39, 0.29) is 6.04 Å². The fourth-order valence-electron chi connectivity index (χ4n) is 3.71. The maximum Gasteiger partial charge on any atom is 0.0665 e. The summed E-state index contributed by atoms with van der Waals surface area (Å²) in [5.74, 6) is 1.60. The standard InChI is InChI=1S/C19H31NO/c1-13-6-7-16(4)18(11-13)19(20-5)12-21-17-9-14(2)8-15(3)10-17/h6-7,11,14-15,17,19-20H,8-10,12H2,1-5H3. The van der Waals surface area contributed by atoms with E-state index in [0.717, 1.165) is 18.4 Å². The van der Waals surface area contributed by atoms with E-state index < -0.39 is 0 Å². The van der Waals surface area contributed by atoms with E-state index in [2.05, 4.69) is 51.2 Å². The van der Waals surface area contributed by atoms with Crippen LogP contribution in [0.4, 0.5) is 0 Å². The molecule has 1 fully saturated rings. The molecule has 0 bridgehead atoms. The highest BCUT2D eigenvalue weighted by Gasteiger charge is 2.25. The first-order valence-corrected chi connectivity index (χ1v) is 8.35. The van der Waals surface area contributed by atoms with Gasteiger partial charge in [0.05, 0.1) is 18.8 Å². The Kier molecular flexibility index (Phi) is 5.83. The van der Waals surface area contributed by atoms with Gasteiger partial charge in [0.15, 0.2) is 0 Å². The zero-order valence-electron chi connectivity index (χ0n) is 14.3. The van der Waals surface area contributed by atoms with E-state index >= 15 is 0 Å². The molecule has 3 atom stereocenters. The molecule has 21 heavy (non-hydrogen) atoms. The van der Waals surface area contributed by atoms with Gasteiger partial charge in [0.1, 0.15) is 0 Å². The number of ether oxygens (including phenoxy) is 1. The van der Waals surface area contributed by atoms with Crippen molar-refractivity contribution in [2.24, 2.45) is 11.8 Å². The summed E-state index contributed by atoms with van der Waals surface area (Å²) in [6.07, 6.45) is 4.22. The molecular formula is C19H31NO. The van der Waals surface area contributed by atoms with Crippen molar-refractivity contribution in [1.29, 1.82) is 0 Å². The molecule has 1 aliphatic carbocycles. The van der Waals surface area contributed by atoms with E-state index in [9.17, 15) is 0 Å². The van der Waals surface area contributed by atoms with Crippen molar-refractivity contribution in [2.75, 3.05) is 13.7 Å². The first-order valence-electron chi connectivity index (χ1n) is 8.35. The van der Waals surface area contributed by atoms with Gasteiger partial charge in [-0.15, -0.1) is 0 Å². The Morgan fingerprint density at radius 3 is 2.43 bits per heavy atom. The average molecular weight is 289 g/mol. The molecule has 2 nitrogen and oxygen atoms in total. The zero-order chi connectivity index (χ0) is 15.4. The molecule has 0 amide bonds. The van der Waals surface area contributed by atoms with Gasteiger partial charge in [-0.1, -0.05) is 37.6 Å². The molecule has 1 aromatic carbocycles. The van der Waals surface area contributed by atoms with Gasteiger partial charge in [0, 0.05) is 0 Å². The summed E-state index contributed by atoms with van der Waals surface area (Å²) in [5, 5.41) is 3.42. The van der Waals surface area contributed by atoms with Crippen LogP contribution in [0.5, 0.6) is 0 Å². The smallest absolute Gasteiger partial charge is 0.0665 e. The van der Waals surface area contributed by atoms with Crippen LogP contribution in [0, 0.1) is 25.7 Å². The minimum absolute atomic E-state index is 0.289. The number of hydrogen-bond acceptors (Lipinski definition) is 2. The van der Waals surface area contributed by atoms with Gasteiger partial charge in [0.25, 0.3) is 0 Å². The summed E-state index contributed by atoms with van der Waals surface area (Å²) >= 11 is 0. The Balaban J connectivity index is 1.98. The normalized spacial score (nSPS) is 27.6. The SMILES string of the molecule is CNC(COC1CC(C)CC(C)C1)c1cc(C)ccc1C. The van der Waals surface area contributed by atoms with Crippen molar-refractivity contribution in [3.05, 3.63) is 34.9 Å². The van der Waals surface area contributed by atoms with E-state index in [1.54, 1.807) is 0 Å². The summed E-state index contributed by atoms with van der Waals surface area (Å²) < 4.78 is 6.26. The van der Waals surface area contributed by atoms with Crippen molar-refractivity contribution in [3.63, 3.8) is 0 Å². The van der Waals surface area contributed by atoms with Crippen molar-refractivity contribution in [3.8, 4) is 0 Å². The highest BCUT2D eigenvalue weighted by molar-refractivity contribution is 5.33. The molecule has 1 aromatic rings. The van der Waals surface area contributed by atoms with Crippen LogP contribution in [0.1, 0.15) is 55.8 Å². The highest BCUT2D eigenvalue weighted by atomic mass is 16.5. The summed E-state index contributed by atoms with van der Waals surface area (Å²) in [5.41, 5.74) is 4.03. The quantitative estimate of drug-likeness (QED) is 0.867. The highest BCUT2D eigenvalue weighted by Crippen LogP contribution is 2.31. The van der Waals surface area contributed by atoms with E-state index in [1.807, 2.05) is 7.05 Å². The molecule has 1 saturated carbocycles. The van der Waals surface area contributed by atoms with Gasteiger partial charge in [0.2, 0.25) is 0 Å². The Bertz CT molecular complexity index is 447. The second kappa shape index (κ2) is 7.42. The molecule has 2 rings (SSSR count). The lowest BCUT2D eigenvalue weighted by atomic mass is 9.82. The zero-order valence-corrected chi connectivity index (χ0v) is 14.3. The summed E-state index contributed by atoms with van der Waals surface area (Å²) in [6.45, 7) is 9.81. The predicted molar refractivity (Wildman–Crippen MR) is 89.6 cm³/mol. The minimum Gasteiger partial charge on any atom is -0.376 e. The van der Waals surface area contributed by atoms with E-state index in [1.165, 1.54) is 36.0 Å². The Morgan fingerprint density at radius 1 is 1.14 bits per heavy atom. The minimum atomic E-state index is 0.289. The molecule has 3 unspecified atom stereocenters. The fourth-order valence-corrected chi connectivity index (χ4v) is 3.71. The third-order valence-corrected chi connectivity index (χ3v) is 4.79. The van der Waals surface area contributed by atoms with Crippen molar-refractivity contribution >= 4 is 0 Å². The van der Waals surface area contributed by atoms with Crippen molar-refractivity contribution in [1.82, 2.24) is 5.32 Å². The molecule has 2 heteroatoms. The number of benzene rings is 1. The molecule has 0 heterocycles. The molecule has 0 aromatic heterocycles. The van der Waals surface area contributed by atoms with Crippen LogP contribution in [0.3, 0.4) is 0 Å². The first kappa shape index (κ1) is 16.5. The topological polar surface area (TPSA) is 21.3 Å². The lowest BCUT2D eigenvalue weighted by Crippen LogP contribution is -2.30. The molecule has 118 valence electrons. The lowest BCUT2D eigenvalue weighted by molar-refractivity contribution is -0.00853. The van der Waals surface area contributed by atoms with Crippen LogP contribution < -0.4 is 5.32 Å². The Morgan fingerprint density at radius 2 is 1.81 bits per heavy atom. The summed E-state index contributed by atoms with van der Waals surface area (Å²) in [6, 6.07) is 6.96. The predicted octanol–water partition coefficient (Wildman–Crippen LogP) is 4.41. The Hall–Kier alpha value is -0.860. The maximum absolute atomic E-state index is 6.26. The van der Waals surface area contributed by atoms with Gasteiger partial charge >= 0.3 is 0 Å². The largest absolute Gasteiger partial charge is 0.376 e. The lowest BCUT2D eigenvalue weighted by Gasteiger charge is -2.32. The third-order valence-electron chi connectivity index (χ3n) is 4.79. The number of hydrogen-bond donors (Lipinski definition) is 1. The van der Waals surface area contributed by atoms with Crippen LogP contribution in [-0.4, -0.2) is 19.8 Å². The summed E-state index contributed by atoms with van der Waals surface area (Å²) in [4.78, 5) is 0. The average Bonchev–Trinajstić information content (AvgIpc) is 2.42. The van der Waals surface area contributed by atoms with Crippen LogP contribution in [-0.2, 0) is 4.74 Å². The van der Waals surface area contributed by atoms with Gasteiger partial charge in [-0.05, 0) is 63.1 Å². The summed E-state index contributed by atoms with van der Waals surface area (Å²) in [7, 11) is 2.03. The molecule has 1 N–H and O–H groups in total. The van der Waals surface area contributed by atoms with Gasteiger partial charge in [-0.3, -0.25) is 0 Å². The van der Waals surface area contributed by atoms with Crippen molar-refractivity contribution < 1.29 is 4.74 Å². The third kappa shape index (κ3) is 4.55. The van der Waals surface area contributed by atoms with E-state index in [4.69, 9.17) is 4.74 Å². The van der Waals surface area contributed by atoms with E-state index in [0.29, 0.717) is 6.10 Å². The van der Waals surface area contributed by atoms with Gasteiger partial charge in [-0.2, -0.15) is 0 Å². The molecule has 0 spiro atoms. The second-order valence-corrected chi connectivity index (χ2v) is 7.07. The fraction of sp³-hybridized carbons (Fsp3) is 0.684. The van der Waals surface area contributed by atoms with Gasteiger partial charge < -0.3 is 10.1 Å². The molecular weight excluding hydrogens is 258 g/mol. The maximum atomic E-state index is 6.26. The number of aryl methyl sites for hydroxylation is 2. The molecule has 0 saturated heterocycles. The van der Waals surface area contributed by atoms with Crippen LogP contribution in [0.25, 0.3) is 0 Å². The number of likely N-dealkylation sites (N-methyl/N-ethyl adjacent to an activating group) is 1. The monoisotopic (exact) mass is 289 g/mol. The number of rotatable bonds is 5. The number of nitrogens with one attached hydrogen (secondary N) is 1. The van der Waals surface area contributed by atoms with Crippen molar-refractivity contribution in [2.45, 2.75) is 59.1 Å². The first-order chi connectivity index (χ1) is 9.99.